The van der Waals surface area contributed by atoms with Gasteiger partial charge < -0.3 is 4.90 Å². The molecular weight excluding hydrogens is 329 g/mol. The van der Waals surface area contributed by atoms with Gasteiger partial charge in [-0.1, -0.05) is 24.3 Å². The second-order valence-electron chi connectivity index (χ2n) is 7.56. The Morgan fingerprint density at radius 3 is 2.85 bits per heavy atom. The van der Waals surface area contributed by atoms with Gasteiger partial charge in [0.1, 0.15) is 5.82 Å². The zero-order valence-corrected chi connectivity index (χ0v) is 15.1. The van der Waals surface area contributed by atoms with Crippen LogP contribution >= 0.6 is 0 Å². The van der Waals surface area contributed by atoms with Crippen LogP contribution in [0.5, 0.6) is 0 Å². The summed E-state index contributed by atoms with van der Waals surface area (Å²) in [7, 11) is 0. The monoisotopic (exact) mass is 353 g/mol. The van der Waals surface area contributed by atoms with Crippen LogP contribution in [0, 0.1) is 5.82 Å². The van der Waals surface area contributed by atoms with Crippen LogP contribution in [0.1, 0.15) is 37.3 Å². The molecule has 0 spiro atoms. The number of aromatic nitrogens is 1. The van der Waals surface area contributed by atoms with Crippen molar-refractivity contribution in [2.24, 2.45) is 0 Å². The quantitative estimate of drug-likeness (QED) is 0.845. The van der Waals surface area contributed by atoms with Crippen LogP contribution in [0.3, 0.4) is 0 Å². The number of nitrogens with zero attached hydrogens (tertiary/aromatic N) is 3. The topological polar surface area (TPSA) is 36.4 Å². The molecule has 0 bridgehead atoms. The third-order valence-electron chi connectivity index (χ3n) is 6.01. The number of fused-ring (bicyclic) bond motifs is 1. The number of rotatable bonds is 4. The summed E-state index contributed by atoms with van der Waals surface area (Å²) in [6.45, 7) is 4.30. The van der Waals surface area contributed by atoms with Crippen molar-refractivity contribution in [1.29, 1.82) is 0 Å². The van der Waals surface area contributed by atoms with E-state index in [0.717, 1.165) is 25.9 Å². The predicted molar refractivity (Wildman–Crippen MR) is 97.6 cm³/mol. The van der Waals surface area contributed by atoms with E-state index in [2.05, 4.69) is 22.9 Å². The van der Waals surface area contributed by atoms with Crippen LogP contribution in [0.2, 0.25) is 0 Å². The van der Waals surface area contributed by atoms with Crippen molar-refractivity contribution < 1.29 is 9.18 Å². The molecule has 0 saturated carbocycles. The smallest absolute Gasteiger partial charge is 0.223 e. The van der Waals surface area contributed by atoms with E-state index in [-0.39, 0.29) is 17.3 Å². The lowest BCUT2D eigenvalue weighted by Gasteiger charge is -2.48. The fourth-order valence-corrected chi connectivity index (χ4v) is 4.56. The highest BCUT2D eigenvalue weighted by Crippen LogP contribution is 2.42. The predicted octanol–water partition coefficient (Wildman–Crippen LogP) is 3.38. The molecular formula is C21H24FN3O. The zero-order valence-electron chi connectivity index (χ0n) is 15.1. The number of piperidine rings is 1. The molecule has 2 fully saturated rings. The first kappa shape index (κ1) is 17.2. The van der Waals surface area contributed by atoms with Crippen molar-refractivity contribution in [2.45, 2.75) is 50.9 Å². The maximum Gasteiger partial charge on any atom is 0.223 e. The minimum atomic E-state index is -0.250. The first-order valence-corrected chi connectivity index (χ1v) is 9.25. The third kappa shape index (κ3) is 3.01. The molecule has 5 heteroatoms. The van der Waals surface area contributed by atoms with E-state index in [4.69, 9.17) is 0 Å². The number of carbonyl (C=O) groups excluding carboxylic acids is 1. The maximum atomic E-state index is 14.1. The minimum Gasteiger partial charge on any atom is -0.331 e. The summed E-state index contributed by atoms with van der Waals surface area (Å²) in [5.41, 5.74) is 1.53. The highest BCUT2D eigenvalue weighted by molar-refractivity contribution is 5.78. The molecule has 1 aromatic carbocycles. The molecule has 2 saturated heterocycles. The molecule has 4 rings (SSSR count). The van der Waals surface area contributed by atoms with E-state index in [9.17, 15) is 9.18 Å². The summed E-state index contributed by atoms with van der Waals surface area (Å²) in [6, 6.07) is 11.1. The van der Waals surface area contributed by atoms with Gasteiger partial charge in [-0.05, 0) is 37.5 Å². The highest BCUT2D eigenvalue weighted by atomic mass is 19.1. The van der Waals surface area contributed by atoms with Gasteiger partial charge in [0.25, 0.3) is 0 Å². The number of benzene rings is 1. The molecule has 1 amide bonds. The molecule has 2 aliphatic heterocycles. The van der Waals surface area contributed by atoms with Gasteiger partial charge in [-0.15, -0.1) is 0 Å². The van der Waals surface area contributed by atoms with Gasteiger partial charge in [0.05, 0.1) is 5.54 Å². The van der Waals surface area contributed by atoms with E-state index in [1.807, 2.05) is 23.2 Å². The molecule has 4 nitrogen and oxygen atoms in total. The van der Waals surface area contributed by atoms with Gasteiger partial charge in [0.15, 0.2) is 0 Å². The van der Waals surface area contributed by atoms with Gasteiger partial charge in [-0.2, -0.15) is 0 Å². The lowest BCUT2D eigenvalue weighted by molar-refractivity contribution is -0.144. The number of hydrogen-bond donors (Lipinski definition) is 0. The number of amides is 1. The molecule has 136 valence electrons. The molecule has 2 aliphatic rings. The molecule has 3 heterocycles. The fraction of sp³-hybridized carbons (Fsp3) is 0.429. The Morgan fingerprint density at radius 1 is 1.23 bits per heavy atom. The first-order valence-electron chi connectivity index (χ1n) is 9.25. The largest absolute Gasteiger partial charge is 0.331 e. The molecule has 2 aromatic rings. The van der Waals surface area contributed by atoms with Crippen LogP contribution in [0.4, 0.5) is 4.39 Å². The molecule has 1 aromatic heterocycles. The Labute approximate surface area is 153 Å². The molecule has 0 N–H and O–H groups in total. The second-order valence-corrected chi connectivity index (χ2v) is 7.56. The van der Waals surface area contributed by atoms with Crippen molar-refractivity contribution in [1.82, 2.24) is 14.8 Å². The van der Waals surface area contributed by atoms with E-state index < -0.39 is 0 Å². The molecule has 26 heavy (non-hydrogen) atoms. The number of hydrogen-bond acceptors (Lipinski definition) is 3. The van der Waals surface area contributed by atoms with Gasteiger partial charge in [0, 0.05) is 50.1 Å². The van der Waals surface area contributed by atoms with Crippen molar-refractivity contribution in [2.75, 3.05) is 6.54 Å². The number of carbonyl (C=O) groups is 1. The van der Waals surface area contributed by atoms with Crippen LogP contribution in [-0.4, -0.2) is 38.8 Å². The van der Waals surface area contributed by atoms with Crippen LogP contribution < -0.4 is 0 Å². The zero-order chi connectivity index (χ0) is 18.1. The van der Waals surface area contributed by atoms with Crippen molar-refractivity contribution in [3.05, 3.63) is 65.7 Å². The highest BCUT2D eigenvalue weighted by Gasteiger charge is 2.51. The summed E-state index contributed by atoms with van der Waals surface area (Å²) in [5, 5.41) is 0. The summed E-state index contributed by atoms with van der Waals surface area (Å²) in [5.74, 6) is -0.105. The van der Waals surface area contributed by atoms with Gasteiger partial charge in [-0.25, -0.2) is 4.39 Å². The molecule has 0 unspecified atom stereocenters. The normalized spacial score (nSPS) is 26.2. The second kappa shape index (κ2) is 6.80. The van der Waals surface area contributed by atoms with E-state index in [1.54, 1.807) is 18.3 Å². The first-order chi connectivity index (χ1) is 12.6. The standard InChI is InChI=1S/C21H24FN3O/c1-21-10-12-24(14-16-5-4-11-23-13-16)19(21)8-9-20(26)25(21)15-17-6-2-3-7-18(17)22/h2-7,11,13,19H,8-10,12,14-15H2,1H3/t19-,21-/m0/s1. The lowest BCUT2D eigenvalue weighted by atomic mass is 9.83. The van der Waals surface area contributed by atoms with Gasteiger partial charge >= 0.3 is 0 Å². The molecule has 0 aliphatic carbocycles. The summed E-state index contributed by atoms with van der Waals surface area (Å²) in [4.78, 5) is 21.3. The number of likely N-dealkylation sites (tertiary alicyclic amines) is 2. The fourth-order valence-electron chi connectivity index (χ4n) is 4.56. The number of halogens is 1. The van der Waals surface area contributed by atoms with E-state index >= 15 is 0 Å². The van der Waals surface area contributed by atoms with E-state index in [0.29, 0.717) is 24.6 Å². The van der Waals surface area contributed by atoms with Crippen LogP contribution in [0.25, 0.3) is 0 Å². The van der Waals surface area contributed by atoms with Crippen molar-refractivity contribution in [3.63, 3.8) is 0 Å². The third-order valence-corrected chi connectivity index (χ3v) is 6.01. The Hall–Kier alpha value is -2.27. The summed E-state index contributed by atoms with van der Waals surface area (Å²) in [6.07, 6.45) is 5.99. The van der Waals surface area contributed by atoms with Gasteiger partial charge in [-0.3, -0.25) is 14.7 Å². The van der Waals surface area contributed by atoms with E-state index in [1.165, 1.54) is 11.6 Å². The Bertz CT molecular complexity index is 797. The van der Waals surface area contributed by atoms with Gasteiger partial charge in [0.2, 0.25) is 5.91 Å². The van der Waals surface area contributed by atoms with Crippen molar-refractivity contribution >= 4 is 5.91 Å². The SMILES string of the molecule is C[C@]12CCN(Cc3cccnc3)[C@H]1CCC(=O)N2Cc1ccccc1F. The average molecular weight is 353 g/mol. The minimum absolute atomic E-state index is 0.134. The lowest BCUT2D eigenvalue weighted by Crippen LogP contribution is -2.60. The Kier molecular flexibility index (Phi) is 4.49. The molecule has 2 atom stereocenters. The van der Waals surface area contributed by atoms with Crippen LogP contribution in [-0.2, 0) is 17.9 Å². The molecule has 0 radical (unpaired) electrons. The average Bonchev–Trinajstić information content (AvgIpc) is 2.97. The van der Waals surface area contributed by atoms with Crippen molar-refractivity contribution in [3.8, 4) is 0 Å². The van der Waals surface area contributed by atoms with Crippen LogP contribution in [0.15, 0.2) is 48.8 Å². The maximum absolute atomic E-state index is 14.1. The summed E-state index contributed by atoms with van der Waals surface area (Å²) < 4.78 is 14.1. The Balaban J connectivity index is 1.57. The number of pyridine rings is 1. The summed E-state index contributed by atoms with van der Waals surface area (Å²) >= 11 is 0. The Morgan fingerprint density at radius 2 is 2.08 bits per heavy atom.